The van der Waals surface area contributed by atoms with Crippen LogP contribution in [0.4, 0.5) is 0 Å². The van der Waals surface area contributed by atoms with Crippen molar-refractivity contribution in [1.82, 2.24) is 4.90 Å². The molecule has 0 atom stereocenters. The van der Waals surface area contributed by atoms with Crippen LogP contribution < -0.4 is 4.74 Å². The van der Waals surface area contributed by atoms with E-state index in [1.165, 1.54) is 11.1 Å². The molecule has 0 spiro atoms. The molecule has 0 radical (unpaired) electrons. The molecule has 0 saturated heterocycles. The molecule has 4 heteroatoms. The molecular weight excluding hydrogens is 274 g/mol. The number of alkyl halides is 1. The van der Waals surface area contributed by atoms with Crippen LogP contribution in [0.2, 0.25) is 0 Å². The summed E-state index contributed by atoms with van der Waals surface area (Å²) in [6.07, 6.45) is 0.796. The molecule has 112 valence electrons. The molecule has 1 rings (SSSR count). The first-order chi connectivity index (χ1) is 9.45. The number of halogens is 1. The highest BCUT2D eigenvalue weighted by Gasteiger charge is 2.09. The van der Waals surface area contributed by atoms with Gasteiger partial charge in [-0.15, -0.1) is 11.6 Å². The Morgan fingerprint density at radius 2 is 2.10 bits per heavy atom. The Kier molecular flexibility index (Phi) is 6.86. The zero-order chi connectivity index (χ0) is 15.1. The van der Waals surface area contributed by atoms with E-state index in [2.05, 4.69) is 39.0 Å². The van der Waals surface area contributed by atoms with Gasteiger partial charge in [-0.3, -0.25) is 4.79 Å². The average molecular weight is 298 g/mol. The van der Waals surface area contributed by atoms with Crippen LogP contribution in [0.25, 0.3) is 0 Å². The van der Waals surface area contributed by atoms with E-state index >= 15 is 0 Å². The lowest BCUT2D eigenvalue weighted by Crippen LogP contribution is -2.29. The number of benzene rings is 1. The van der Waals surface area contributed by atoms with E-state index < -0.39 is 0 Å². The second-order valence-corrected chi connectivity index (χ2v) is 5.61. The molecule has 0 saturated carbocycles. The maximum absolute atomic E-state index is 11.3. The van der Waals surface area contributed by atoms with E-state index in [4.69, 9.17) is 16.3 Å². The average Bonchev–Trinajstić information content (AvgIpc) is 2.42. The summed E-state index contributed by atoms with van der Waals surface area (Å²) in [5, 5.41) is 0. The standard InChI is InChI=1S/C16H24ClNO2/c1-12(2)14-7-6-13(3)10-15(14)20-9-5-8-18(4)16(19)11-17/h6-7,10,12H,5,8-9,11H2,1-4H3. The van der Waals surface area contributed by atoms with Crippen molar-refractivity contribution in [1.29, 1.82) is 0 Å². The fraction of sp³-hybridized carbons (Fsp3) is 0.562. The first kappa shape index (κ1) is 16.8. The van der Waals surface area contributed by atoms with Gasteiger partial charge < -0.3 is 9.64 Å². The van der Waals surface area contributed by atoms with Gasteiger partial charge in [0.05, 0.1) is 6.61 Å². The van der Waals surface area contributed by atoms with Crippen molar-refractivity contribution in [2.45, 2.75) is 33.1 Å². The quantitative estimate of drug-likeness (QED) is 0.569. The predicted octanol–water partition coefficient (Wildman–Crippen LogP) is 3.58. The highest BCUT2D eigenvalue weighted by atomic mass is 35.5. The van der Waals surface area contributed by atoms with E-state index in [9.17, 15) is 4.79 Å². The molecule has 0 unspecified atom stereocenters. The maximum Gasteiger partial charge on any atom is 0.237 e. The Labute approximate surface area is 126 Å². The Balaban J connectivity index is 2.50. The van der Waals surface area contributed by atoms with Gasteiger partial charge in [-0.2, -0.15) is 0 Å². The van der Waals surface area contributed by atoms with E-state index in [1.807, 2.05) is 0 Å². The molecule has 0 aliphatic heterocycles. The monoisotopic (exact) mass is 297 g/mol. The molecule has 0 aliphatic rings. The molecule has 20 heavy (non-hydrogen) atoms. The van der Waals surface area contributed by atoms with Crippen molar-refractivity contribution in [3.63, 3.8) is 0 Å². The second-order valence-electron chi connectivity index (χ2n) is 5.35. The Morgan fingerprint density at radius 3 is 2.70 bits per heavy atom. The van der Waals surface area contributed by atoms with Gasteiger partial charge in [-0.25, -0.2) is 0 Å². The Hall–Kier alpha value is -1.22. The molecule has 0 N–H and O–H groups in total. The zero-order valence-electron chi connectivity index (χ0n) is 12.8. The predicted molar refractivity (Wildman–Crippen MR) is 83.7 cm³/mol. The number of carbonyl (C=O) groups excluding carboxylic acids is 1. The maximum atomic E-state index is 11.3. The lowest BCUT2D eigenvalue weighted by Gasteiger charge is -2.17. The van der Waals surface area contributed by atoms with Crippen molar-refractivity contribution in [2.75, 3.05) is 26.1 Å². The van der Waals surface area contributed by atoms with Crippen molar-refractivity contribution in [3.8, 4) is 5.75 Å². The fourth-order valence-electron chi connectivity index (χ4n) is 1.95. The van der Waals surface area contributed by atoms with Crippen LogP contribution in [-0.2, 0) is 4.79 Å². The Morgan fingerprint density at radius 1 is 1.40 bits per heavy atom. The third-order valence-electron chi connectivity index (χ3n) is 3.23. The normalized spacial score (nSPS) is 10.7. The van der Waals surface area contributed by atoms with Gasteiger partial charge in [0.1, 0.15) is 11.6 Å². The molecule has 0 aromatic heterocycles. The van der Waals surface area contributed by atoms with Gasteiger partial charge in [0.15, 0.2) is 0 Å². The van der Waals surface area contributed by atoms with Crippen LogP contribution in [-0.4, -0.2) is 36.9 Å². The van der Waals surface area contributed by atoms with Crippen LogP contribution in [0, 0.1) is 6.92 Å². The summed E-state index contributed by atoms with van der Waals surface area (Å²) < 4.78 is 5.87. The summed E-state index contributed by atoms with van der Waals surface area (Å²) in [4.78, 5) is 13.0. The van der Waals surface area contributed by atoms with Crippen LogP contribution in [0.15, 0.2) is 18.2 Å². The summed E-state index contributed by atoms with van der Waals surface area (Å²) in [6, 6.07) is 6.30. The summed E-state index contributed by atoms with van der Waals surface area (Å²) in [5.41, 5.74) is 2.42. The first-order valence-corrected chi connectivity index (χ1v) is 7.52. The summed E-state index contributed by atoms with van der Waals surface area (Å²) in [7, 11) is 1.76. The molecular formula is C16H24ClNO2. The molecule has 1 aromatic carbocycles. The number of hydrogen-bond donors (Lipinski definition) is 0. The van der Waals surface area contributed by atoms with Crippen LogP contribution in [0.1, 0.15) is 37.3 Å². The molecule has 3 nitrogen and oxygen atoms in total. The summed E-state index contributed by atoms with van der Waals surface area (Å²) >= 11 is 5.51. The van der Waals surface area contributed by atoms with E-state index in [1.54, 1.807) is 11.9 Å². The number of ether oxygens (including phenoxy) is 1. The number of rotatable bonds is 7. The van der Waals surface area contributed by atoms with Gasteiger partial charge in [-0.1, -0.05) is 26.0 Å². The summed E-state index contributed by atoms with van der Waals surface area (Å²) in [6.45, 7) is 7.64. The van der Waals surface area contributed by atoms with E-state index in [0.29, 0.717) is 19.1 Å². The number of nitrogens with zero attached hydrogens (tertiary/aromatic N) is 1. The van der Waals surface area contributed by atoms with E-state index in [0.717, 1.165) is 12.2 Å². The zero-order valence-corrected chi connectivity index (χ0v) is 13.5. The van der Waals surface area contributed by atoms with Crippen molar-refractivity contribution < 1.29 is 9.53 Å². The third-order valence-corrected chi connectivity index (χ3v) is 3.46. The lowest BCUT2D eigenvalue weighted by molar-refractivity contribution is -0.127. The topological polar surface area (TPSA) is 29.5 Å². The summed E-state index contributed by atoms with van der Waals surface area (Å²) in [5.74, 6) is 1.37. The number of carbonyl (C=O) groups is 1. The van der Waals surface area contributed by atoms with Crippen molar-refractivity contribution in [2.24, 2.45) is 0 Å². The lowest BCUT2D eigenvalue weighted by atomic mass is 10.0. The van der Waals surface area contributed by atoms with E-state index in [-0.39, 0.29) is 11.8 Å². The molecule has 0 bridgehead atoms. The molecule has 0 aliphatic carbocycles. The van der Waals surface area contributed by atoms with Gasteiger partial charge >= 0.3 is 0 Å². The van der Waals surface area contributed by atoms with Gasteiger partial charge in [0, 0.05) is 13.6 Å². The van der Waals surface area contributed by atoms with Gasteiger partial charge in [0.25, 0.3) is 0 Å². The first-order valence-electron chi connectivity index (χ1n) is 6.99. The van der Waals surface area contributed by atoms with Crippen LogP contribution in [0.3, 0.4) is 0 Å². The van der Waals surface area contributed by atoms with Gasteiger partial charge in [-0.05, 0) is 36.5 Å². The largest absolute Gasteiger partial charge is 0.493 e. The second kappa shape index (κ2) is 8.15. The molecule has 0 heterocycles. The molecule has 1 amide bonds. The minimum atomic E-state index is -0.0508. The van der Waals surface area contributed by atoms with Crippen molar-refractivity contribution >= 4 is 17.5 Å². The van der Waals surface area contributed by atoms with Crippen LogP contribution >= 0.6 is 11.6 Å². The highest BCUT2D eigenvalue weighted by molar-refractivity contribution is 6.27. The fourth-order valence-corrected chi connectivity index (χ4v) is 2.16. The van der Waals surface area contributed by atoms with Gasteiger partial charge in [0.2, 0.25) is 5.91 Å². The number of hydrogen-bond acceptors (Lipinski definition) is 2. The SMILES string of the molecule is Cc1ccc(C(C)C)c(OCCCN(C)C(=O)CCl)c1. The Bertz CT molecular complexity index is 446. The smallest absolute Gasteiger partial charge is 0.237 e. The number of amides is 1. The highest BCUT2D eigenvalue weighted by Crippen LogP contribution is 2.27. The minimum Gasteiger partial charge on any atom is -0.493 e. The molecule has 0 fully saturated rings. The third kappa shape index (κ3) is 5.04. The van der Waals surface area contributed by atoms with Crippen molar-refractivity contribution in [3.05, 3.63) is 29.3 Å². The number of aryl methyl sites for hydroxylation is 1. The van der Waals surface area contributed by atoms with Crippen LogP contribution in [0.5, 0.6) is 5.75 Å². The molecule has 1 aromatic rings. The minimum absolute atomic E-state index is 0.0345.